The fourth-order valence-corrected chi connectivity index (χ4v) is 5.34. The number of amides is 2. The van der Waals surface area contributed by atoms with Crippen molar-refractivity contribution in [1.29, 1.82) is 0 Å². The molecule has 43 heavy (non-hydrogen) atoms. The van der Waals surface area contributed by atoms with Gasteiger partial charge in [0, 0.05) is 12.8 Å². The van der Waals surface area contributed by atoms with Crippen LogP contribution in [0.15, 0.2) is 12.7 Å². The largest absolute Gasteiger partial charge is 0.370 e. The second kappa shape index (κ2) is 45.1. The quantitative estimate of drug-likeness (QED) is 0.0588. The van der Waals surface area contributed by atoms with Gasteiger partial charge in [0.2, 0.25) is 11.8 Å². The maximum absolute atomic E-state index is 10.6. The molecule has 0 saturated heterocycles. The fourth-order valence-electron chi connectivity index (χ4n) is 5.34. The van der Waals surface area contributed by atoms with Crippen molar-refractivity contribution >= 4 is 11.8 Å². The van der Waals surface area contributed by atoms with E-state index in [4.69, 9.17) is 11.5 Å². The minimum Gasteiger partial charge on any atom is -0.370 e. The zero-order chi connectivity index (χ0) is 32.5. The molecule has 0 radical (unpaired) electrons. The van der Waals surface area contributed by atoms with E-state index in [9.17, 15) is 9.59 Å². The maximum atomic E-state index is 10.6. The van der Waals surface area contributed by atoms with Gasteiger partial charge in [-0.1, -0.05) is 200 Å². The summed E-state index contributed by atoms with van der Waals surface area (Å²) in [5.41, 5.74) is 10.2. The van der Waals surface area contributed by atoms with Gasteiger partial charge in [-0.25, -0.2) is 0 Å². The Morgan fingerprint density at radius 3 is 0.674 bits per heavy atom. The zero-order valence-corrected chi connectivity index (χ0v) is 29.9. The molecule has 0 aliphatic carbocycles. The van der Waals surface area contributed by atoms with Gasteiger partial charge >= 0.3 is 0 Å². The number of unbranched alkanes of at least 4 members (excludes halogenated alkanes) is 28. The third-order valence-electron chi connectivity index (χ3n) is 8.05. The number of rotatable bonds is 32. The van der Waals surface area contributed by atoms with Crippen molar-refractivity contribution in [2.24, 2.45) is 11.5 Å². The summed E-state index contributed by atoms with van der Waals surface area (Å²) in [5, 5.41) is 0. The van der Waals surface area contributed by atoms with Gasteiger partial charge < -0.3 is 11.5 Å². The summed E-state index contributed by atoms with van der Waals surface area (Å²) in [6.07, 6.45) is 43.5. The average molecular weight is 609 g/mol. The second-order valence-electron chi connectivity index (χ2n) is 12.7. The van der Waals surface area contributed by atoms with E-state index in [1.165, 1.54) is 180 Å². The Labute approximate surface area is 271 Å². The molecule has 0 aromatic carbocycles. The predicted octanol–water partition coefficient (Wildman–Crippen LogP) is 12.7. The SMILES string of the molecule is C=CC.CCCCCCCCCCCCCCCCCC(N)=O.CCCCCCCCCCCCCCCCCC(N)=O. The molecule has 0 aromatic heterocycles. The topological polar surface area (TPSA) is 86.2 Å². The van der Waals surface area contributed by atoms with Crippen molar-refractivity contribution in [2.75, 3.05) is 0 Å². The van der Waals surface area contributed by atoms with Crippen LogP contribution < -0.4 is 11.5 Å². The van der Waals surface area contributed by atoms with Crippen molar-refractivity contribution < 1.29 is 9.59 Å². The summed E-state index contributed by atoms with van der Waals surface area (Å²) in [5.74, 6) is -0.306. The Balaban J connectivity index is -0.000000681. The standard InChI is InChI=1S/2C18H37NO.C3H6/c2*1-2-3-4-5-6-7-8-9-10-11-12-13-14-15-16-17-18(19)20;1-3-2/h2*2-17H2,1H3,(H2,19,20);3H,1H2,2H3. The first-order valence-corrected chi connectivity index (χ1v) is 19.1. The van der Waals surface area contributed by atoms with E-state index in [1.807, 2.05) is 6.92 Å². The highest BCUT2D eigenvalue weighted by Crippen LogP contribution is 2.15. The van der Waals surface area contributed by atoms with Gasteiger partial charge in [-0.15, -0.1) is 6.58 Å². The molecule has 4 nitrogen and oxygen atoms in total. The molecular weight excluding hydrogens is 528 g/mol. The van der Waals surface area contributed by atoms with Gasteiger partial charge in [-0.05, 0) is 19.8 Å². The van der Waals surface area contributed by atoms with Crippen LogP contribution in [-0.2, 0) is 9.59 Å². The summed E-state index contributed by atoms with van der Waals surface area (Å²) in [7, 11) is 0. The summed E-state index contributed by atoms with van der Waals surface area (Å²) < 4.78 is 0. The molecular formula is C39H80N2O2. The lowest BCUT2D eigenvalue weighted by Crippen LogP contribution is -2.09. The Kier molecular flexibility index (Phi) is 48.4. The smallest absolute Gasteiger partial charge is 0.217 e. The summed E-state index contributed by atoms with van der Waals surface area (Å²) in [4.78, 5) is 21.1. The third-order valence-corrected chi connectivity index (χ3v) is 8.05. The first kappa shape index (κ1) is 46.1. The lowest BCUT2D eigenvalue weighted by molar-refractivity contribution is -0.119. The van der Waals surface area contributed by atoms with Crippen LogP contribution in [0.2, 0.25) is 0 Å². The monoisotopic (exact) mass is 609 g/mol. The minimum absolute atomic E-state index is 0.153. The summed E-state index contributed by atoms with van der Waals surface area (Å²) in [6, 6.07) is 0. The van der Waals surface area contributed by atoms with Crippen LogP contribution in [-0.4, -0.2) is 11.8 Å². The van der Waals surface area contributed by atoms with E-state index >= 15 is 0 Å². The first-order valence-electron chi connectivity index (χ1n) is 19.1. The Morgan fingerprint density at radius 1 is 0.395 bits per heavy atom. The highest BCUT2D eigenvalue weighted by molar-refractivity contribution is 5.73. The van der Waals surface area contributed by atoms with Crippen molar-refractivity contribution in [3.05, 3.63) is 12.7 Å². The van der Waals surface area contributed by atoms with E-state index in [0.717, 1.165) is 12.8 Å². The van der Waals surface area contributed by atoms with Crippen LogP contribution in [0.25, 0.3) is 0 Å². The molecule has 0 saturated carbocycles. The molecule has 0 aliphatic heterocycles. The van der Waals surface area contributed by atoms with E-state index in [2.05, 4.69) is 20.4 Å². The fraction of sp³-hybridized carbons (Fsp3) is 0.897. The normalized spacial score (nSPS) is 10.4. The molecule has 0 aromatic rings. The number of hydrogen-bond donors (Lipinski definition) is 2. The number of primary amides is 2. The van der Waals surface area contributed by atoms with Crippen molar-refractivity contribution in [1.82, 2.24) is 0 Å². The highest BCUT2D eigenvalue weighted by Gasteiger charge is 1.97. The molecule has 0 unspecified atom stereocenters. The Morgan fingerprint density at radius 2 is 0.535 bits per heavy atom. The second-order valence-corrected chi connectivity index (χ2v) is 12.7. The molecule has 258 valence electrons. The van der Waals surface area contributed by atoms with E-state index in [1.54, 1.807) is 6.08 Å². The molecule has 0 heterocycles. The minimum atomic E-state index is -0.153. The lowest BCUT2D eigenvalue weighted by Gasteiger charge is -2.03. The molecule has 0 rings (SSSR count). The van der Waals surface area contributed by atoms with Gasteiger partial charge in [-0.3, -0.25) is 9.59 Å². The molecule has 0 fully saturated rings. The van der Waals surface area contributed by atoms with Crippen LogP contribution >= 0.6 is 0 Å². The van der Waals surface area contributed by atoms with Gasteiger partial charge in [0.05, 0.1) is 0 Å². The van der Waals surface area contributed by atoms with Crippen molar-refractivity contribution in [3.8, 4) is 0 Å². The molecule has 4 N–H and O–H groups in total. The molecule has 2 amide bonds. The van der Waals surface area contributed by atoms with Gasteiger partial charge in [0.1, 0.15) is 0 Å². The molecule has 0 spiro atoms. The van der Waals surface area contributed by atoms with E-state index < -0.39 is 0 Å². The number of carbonyl (C=O) groups is 2. The predicted molar refractivity (Wildman–Crippen MR) is 193 cm³/mol. The number of allylic oxidation sites excluding steroid dienone is 1. The zero-order valence-electron chi connectivity index (χ0n) is 29.9. The number of nitrogens with two attached hydrogens (primary N) is 2. The van der Waals surface area contributed by atoms with Gasteiger partial charge in [0.15, 0.2) is 0 Å². The lowest BCUT2D eigenvalue weighted by atomic mass is 10.0. The van der Waals surface area contributed by atoms with Crippen LogP contribution in [0.3, 0.4) is 0 Å². The van der Waals surface area contributed by atoms with Gasteiger partial charge in [0.25, 0.3) is 0 Å². The summed E-state index contributed by atoms with van der Waals surface area (Å²) in [6.45, 7) is 9.80. The molecule has 0 bridgehead atoms. The first-order chi connectivity index (χ1) is 21.0. The van der Waals surface area contributed by atoms with Crippen molar-refractivity contribution in [2.45, 2.75) is 226 Å². The summed E-state index contributed by atoms with van der Waals surface area (Å²) >= 11 is 0. The van der Waals surface area contributed by atoms with E-state index in [0.29, 0.717) is 12.8 Å². The number of carbonyl (C=O) groups excluding carboxylic acids is 2. The highest BCUT2D eigenvalue weighted by atomic mass is 16.1. The van der Waals surface area contributed by atoms with Crippen LogP contribution in [0.5, 0.6) is 0 Å². The van der Waals surface area contributed by atoms with Crippen LogP contribution in [0.4, 0.5) is 0 Å². The van der Waals surface area contributed by atoms with Crippen molar-refractivity contribution in [3.63, 3.8) is 0 Å². The molecule has 4 heteroatoms. The van der Waals surface area contributed by atoms with E-state index in [-0.39, 0.29) is 11.8 Å². The average Bonchev–Trinajstić information content (AvgIpc) is 2.97. The Bertz CT molecular complexity index is 491. The third kappa shape index (κ3) is 57.0. The maximum Gasteiger partial charge on any atom is 0.217 e. The molecule has 0 atom stereocenters. The van der Waals surface area contributed by atoms with Crippen LogP contribution in [0.1, 0.15) is 226 Å². The Hall–Kier alpha value is -1.32. The molecule has 0 aliphatic rings. The van der Waals surface area contributed by atoms with Gasteiger partial charge in [-0.2, -0.15) is 0 Å². The number of hydrogen-bond acceptors (Lipinski definition) is 2. The van der Waals surface area contributed by atoms with Crippen LogP contribution in [0, 0.1) is 0 Å².